The Balaban J connectivity index is 1.72. The molecule has 146 valence electrons. The van der Waals surface area contributed by atoms with E-state index in [1.165, 1.54) is 5.56 Å². The second kappa shape index (κ2) is 8.14. The van der Waals surface area contributed by atoms with Gasteiger partial charge in [-0.1, -0.05) is 36.4 Å². The van der Waals surface area contributed by atoms with Gasteiger partial charge in [0.1, 0.15) is 11.5 Å². The molecule has 0 saturated heterocycles. The summed E-state index contributed by atoms with van der Waals surface area (Å²) in [6, 6.07) is 20.1. The summed E-state index contributed by atoms with van der Waals surface area (Å²) in [6.07, 6.45) is 1.79. The molecule has 6 nitrogen and oxygen atoms in total. The summed E-state index contributed by atoms with van der Waals surface area (Å²) in [7, 11) is 3.26. The highest BCUT2D eigenvalue weighted by Crippen LogP contribution is 2.33. The predicted molar refractivity (Wildman–Crippen MR) is 112 cm³/mol. The van der Waals surface area contributed by atoms with E-state index in [2.05, 4.69) is 31.9 Å². The number of aromatic nitrogens is 4. The van der Waals surface area contributed by atoms with Crippen LogP contribution in [0.4, 0.5) is 0 Å². The molecule has 6 heteroatoms. The van der Waals surface area contributed by atoms with Gasteiger partial charge in [-0.15, -0.1) is 10.2 Å². The van der Waals surface area contributed by atoms with E-state index in [0.717, 1.165) is 28.5 Å². The van der Waals surface area contributed by atoms with Gasteiger partial charge >= 0.3 is 0 Å². The first-order valence-corrected chi connectivity index (χ1v) is 9.32. The number of pyridine rings is 1. The lowest BCUT2D eigenvalue weighted by atomic mass is 10.1. The van der Waals surface area contributed by atoms with Crippen molar-refractivity contribution in [3.05, 3.63) is 78.2 Å². The van der Waals surface area contributed by atoms with Gasteiger partial charge in [0.25, 0.3) is 0 Å². The van der Waals surface area contributed by atoms with Crippen LogP contribution < -0.4 is 9.47 Å². The number of ether oxygens (including phenoxy) is 2. The van der Waals surface area contributed by atoms with Crippen molar-refractivity contribution in [3.63, 3.8) is 0 Å². The average molecular weight is 386 g/mol. The van der Waals surface area contributed by atoms with E-state index < -0.39 is 0 Å². The molecule has 0 fully saturated rings. The van der Waals surface area contributed by atoms with Crippen molar-refractivity contribution in [1.29, 1.82) is 0 Å². The molecule has 0 unspecified atom stereocenters. The van der Waals surface area contributed by atoms with E-state index in [9.17, 15) is 0 Å². The van der Waals surface area contributed by atoms with Crippen LogP contribution in [-0.2, 0) is 6.54 Å². The second-order valence-corrected chi connectivity index (χ2v) is 6.64. The van der Waals surface area contributed by atoms with Crippen LogP contribution in [0.15, 0.2) is 66.9 Å². The van der Waals surface area contributed by atoms with Crippen molar-refractivity contribution in [2.45, 2.75) is 13.5 Å². The topological polar surface area (TPSA) is 62.1 Å². The van der Waals surface area contributed by atoms with Crippen LogP contribution in [0.3, 0.4) is 0 Å². The molecular formula is C23H22N4O2. The molecule has 0 bridgehead atoms. The molecule has 0 radical (unpaired) electrons. The summed E-state index contributed by atoms with van der Waals surface area (Å²) >= 11 is 0. The Morgan fingerprint density at radius 3 is 2.34 bits per heavy atom. The molecule has 2 heterocycles. The van der Waals surface area contributed by atoms with Gasteiger partial charge in [0, 0.05) is 6.20 Å². The molecule has 0 aliphatic rings. The number of aryl methyl sites for hydroxylation is 1. The number of methoxy groups -OCH3 is 2. The largest absolute Gasteiger partial charge is 0.493 e. The average Bonchev–Trinajstić information content (AvgIpc) is 3.14. The van der Waals surface area contributed by atoms with Crippen molar-refractivity contribution < 1.29 is 9.47 Å². The van der Waals surface area contributed by atoms with Crippen LogP contribution in [-0.4, -0.2) is 34.0 Å². The van der Waals surface area contributed by atoms with Crippen LogP contribution in [0.1, 0.15) is 11.4 Å². The van der Waals surface area contributed by atoms with E-state index in [0.29, 0.717) is 18.0 Å². The van der Waals surface area contributed by atoms with Gasteiger partial charge in [-0.25, -0.2) is 0 Å². The van der Waals surface area contributed by atoms with Gasteiger partial charge in [0.2, 0.25) is 0 Å². The summed E-state index contributed by atoms with van der Waals surface area (Å²) in [5.74, 6) is 2.98. The summed E-state index contributed by atoms with van der Waals surface area (Å²) in [6.45, 7) is 2.65. The van der Waals surface area contributed by atoms with Crippen molar-refractivity contribution in [2.24, 2.45) is 0 Å². The highest BCUT2D eigenvalue weighted by atomic mass is 16.5. The first-order valence-electron chi connectivity index (χ1n) is 9.32. The van der Waals surface area contributed by atoms with Crippen molar-refractivity contribution in [1.82, 2.24) is 19.7 Å². The van der Waals surface area contributed by atoms with Gasteiger partial charge in [0.05, 0.1) is 20.8 Å². The molecule has 4 aromatic rings. The number of hydrogen-bond donors (Lipinski definition) is 0. The predicted octanol–water partition coefficient (Wildman–Crippen LogP) is 4.38. The van der Waals surface area contributed by atoms with Crippen LogP contribution in [0.5, 0.6) is 11.5 Å². The molecule has 0 atom stereocenters. The fraction of sp³-hybridized carbons (Fsp3) is 0.174. The van der Waals surface area contributed by atoms with Crippen LogP contribution in [0.25, 0.3) is 22.6 Å². The molecule has 2 aromatic heterocycles. The molecule has 0 N–H and O–H groups in total. The lowest BCUT2D eigenvalue weighted by Gasteiger charge is -2.11. The normalized spacial score (nSPS) is 10.7. The minimum atomic E-state index is 0.687. The van der Waals surface area contributed by atoms with E-state index in [1.807, 2.05) is 55.5 Å². The standard InChI is InChI=1S/C23H22N4O2/c1-16-25-26-23(27(16)15-17-7-5-4-6-8-17)20-13-19(11-12-24-20)18-9-10-21(28-2)22(14-18)29-3/h4-14H,15H2,1-3H3. The smallest absolute Gasteiger partial charge is 0.182 e. The zero-order chi connectivity index (χ0) is 20.2. The Morgan fingerprint density at radius 2 is 1.59 bits per heavy atom. The Morgan fingerprint density at radius 1 is 0.828 bits per heavy atom. The van der Waals surface area contributed by atoms with E-state index in [-0.39, 0.29) is 0 Å². The summed E-state index contributed by atoms with van der Waals surface area (Å²) in [5.41, 5.74) is 3.99. The molecule has 0 aliphatic heterocycles. The first-order chi connectivity index (χ1) is 14.2. The summed E-state index contributed by atoms with van der Waals surface area (Å²) in [5, 5.41) is 8.66. The molecule has 2 aromatic carbocycles. The van der Waals surface area contributed by atoms with Crippen LogP contribution >= 0.6 is 0 Å². The third-order valence-corrected chi connectivity index (χ3v) is 4.83. The highest BCUT2D eigenvalue weighted by Gasteiger charge is 2.14. The quantitative estimate of drug-likeness (QED) is 0.492. The molecular weight excluding hydrogens is 364 g/mol. The fourth-order valence-corrected chi connectivity index (χ4v) is 3.27. The van der Waals surface area contributed by atoms with E-state index >= 15 is 0 Å². The summed E-state index contributed by atoms with van der Waals surface area (Å²) < 4.78 is 12.9. The first kappa shape index (κ1) is 18.7. The van der Waals surface area contributed by atoms with Gasteiger partial charge < -0.3 is 14.0 Å². The maximum absolute atomic E-state index is 5.44. The van der Waals surface area contributed by atoms with Gasteiger partial charge in [0.15, 0.2) is 17.3 Å². The number of benzene rings is 2. The highest BCUT2D eigenvalue weighted by molar-refractivity contribution is 5.70. The third-order valence-electron chi connectivity index (χ3n) is 4.83. The molecule has 4 rings (SSSR count). The second-order valence-electron chi connectivity index (χ2n) is 6.64. The SMILES string of the molecule is COc1ccc(-c2ccnc(-c3nnc(C)n3Cc3ccccc3)c2)cc1OC. The summed E-state index contributed by atoms with van der Waals surface area (Å²) in [4.78, 5) is 4.55. The van der Waals surface area contributed by atoms with Crippen LogP contribution in [0, 0.1) is 6.92 Å². The molecule has 0 amide bonds. The maximum atomic E-state index is 5.44. The number of hydrogen-bond acceptors (Lipinski definition) is 5. The lowest BCUT2D eigenvalue weighted by Crippen LogP contribution is -2.05. The van der Waals surface area contributed by atoms with Crippen molar-refractivity contribution in [3.8, 4) is 34.1 Å². The Bertz CT molecular complexity index is 1120. The van der Waals surface area contributed by atoms with E-state index in [4.69, 9.17) is 9.47 Å². The van der Waals surface area contributed by atoms with Gasteiger partial charge in [-0.3, -0.25) is 4.98 Å². The van der Waals surface area contributed by atoms with Crippen molar-refractivity contribution in [2.75, 3.05) is 14.2 Å². The molecule has 0 saturated carbocycles. The minimum Gasteiger partial charge on any atom is -0.493 e. The lowest BCUT2D eigenvalue weighted by molar-refractivity contribution is 0.355. The van der Waals surface area contributed by atoms with Crippen LogP contribution in [0.2, 0.25) is 0 Å². The van der Waals surface area contributed by atoms with E-state index in [1.54, 1.807) is 20.4 Å². The minimum absolute atomic E-state index is 0.687. The molecule has 29 heavy (non-hydrogen) atoms. The zero-order valence-electron chi connectivity index (χ0n) is 16.7. The molecule has 0 spiro atoms. The Kier molecular flexibility index (Phi) is 5.24. The maximum Gasteiger partial charge on any atom is 0.182 e. The van der Waals surface area contributed by atoms with Crippen molar-refractivity contribution >= 4 is 0 Å². The Labute approximate surface area is 169 Å². The number of rotatable bonds is 6. The number of nitrogens with zero attached hydrogens (tertiary/aromatic N) is 4. The Hall–Kier alpha value is -3.67. The fourth-order valence-electron chi connectivity index (χ4n) is 3.27. The van der Waals surface area contributed by atoms with Gasteiger partial charge in [-0.2, -0.15) is 0 Å². The zero-order valence-corrected chi connectivity index (χ0v) is 16.7. The van der Waals surface area contributed by atoms with Gasteiger partial charge in [-0.05, 0) is 47.9 Å². The third kappa shape index (κ3) is 3.82. The monoisotopic (exact) mass is 386 g/mol. The molecule has 0 aliphatic carbocycles.